The van der Waals surface area contributed by atoms with E-state index >= 15 is 0 Å². The Balaban J connectivity index is 2.06. The van der Waals surface area contributed by atoms with Gasteiger partial charge in [0.2, 0.25) is 0 Å². The minimum Gasteiger partial charge on any atom is -0.466 e. The third kappa shape index (κ3) is 9.01. The van der Waals surface area contributed by atoms with Gasteiger partial charge in [-0.1, -0.05) is 45.8 Å². The maximum atomic E-state index is 11.9. The normalized spacial score (nSPS) is 27.7. The van der Waals surface area contributed by atoms with Gasteiger partial charge in [-0.3, -0.25) is 4.79 Å². The van der Waals surface area contributed by atoms with Gasteiger partial charge in [-0.25, -0.2) is 0 Å². The fraction of sp³-hybridized carbons (Fsp3) is 0.885. The van der Waals surface area contributed by atoms with Gasteiger partial charge >= 0.3 is 5.97 Å². The van der Waals surface area contributed by atoms with E-state index in [1.54, 1.807) is 0 Å². The zero-order valence-electron chi connectivity index (χ0n) is 21.0. The van der Waals surface area contributed by atoms with Gasteiger partial charge < -0.3 is 14.3 Å². The van der Waals surface area contributed by atoms with Crippen LogP contribution >= 0.6 is 0 Å². The predicted molar refractivity (Wildman–Crippen MR) is 131 cm³/mol. The standard InChI is InChI=1S/C26H48O4Si/c1-7-29-24(27)19-26(28)16-10-11-20(18-26)14-15-22(25(2,3)4)17-23(30-31(5)6)21-12-8-9-13-21/h14-15,20-23,28,31H,7-13,16-19H2,1-6H3. The second-order valence-electron chi connectivity index (χ2n) is 11.4. The molecular formula is C26H48O4Si. The van der Waals surface area contributed by atoms with Crippen molar-refractivity contribution in [3.05, 3.63) is 12.2 Å². The van der Waals surface area contributed by atoms with E-state index in [2.05, 4.69) is 46.0 Å². The summed E-state index contributed by atoms with van der Waals surface area (Å²) in [6, 6.07) is 0. The lowest BCUT2D eigenvalue weighted by atomic mass is 9.73. The van der Waals surface area contributed by atoms with Gasteiger partial charge in [-0.2, -0.15) is 0 Å². The Hall–Kier alpha value is -0.653. The van der Waals surface area contributed by atoms with E-state index in [-0.39, 0.29) is 17.8 Å². The largest absolute Gasteiger partial charge is 0.466 e. The molecule has 0 radical (unpaired) electrons. The molecule has 4 nitrogen and oxygen atoms in total. The van der Waals surface area contributed by atoms with E-state index in [0.717, 1.165) is 25.2 Å². The molecule has 2 rings (SSSR count). The molecule has 5 heteroatoms. The Morgan fingerprint density at radius 2 is 1.87 bits per heavy atom. The van der Waals surface area contributed by atoms with Crippen LogP contribution in [0.5, 0.6) is 0 Å². The highest BCUT2D eigenvalue weighted by atomic mass is 28.3. The predicted octanol–water partition coefficient (Wildman–Crippen LogP) is 6.03. The van der Waals surface area contributed by atoms with Crippen LogP contribution in [0.2, 0.25) is 13.1 Å². The first-order valence-electron chi connectivity index (χ1n) is 12.7. The number of hydrogen-bond acceptors (Lipinski definition) is 4. The van der Waals surface area contributed by atoms with Gasteiger partial charge in [-0.05, 0) is 88.1 Å². The summed E-state index contributed by atoms with van der Waals surface area (Å²) in [5, 5.41) is 11.0. The molecule has 0 bridgehead atoms. The maximum Gasteiger partial charge on any atom is 0.308 e. The van der Waals surface area contributed by atoms with Gasteiger partial charge in [0, 0.05) is 6.10 Å². The van der Waals surface area contributed by atoms with Gasteiger partial charge in [0.15, 0.2) is 9.04 Å². The second-order valence-corrected chi connectivity index (χ2v) is 13.8. The topological polar surface area (TPSA) is 55.8 Å². The molecule has 0 heterocycles. The third-order valence-electron chi connectivity index (χ3n) is 7.22. The molecule has 2 fully saturated rings. The average molecular weight is 453 g/mol. The van der Waals surface area contributed by atoms with Crippen molar-refractivity contribution >= 4 is 15.0 Å². The van der Waals surface area contributed by atoms with E-state index < -0.39 is 14.6 Å². The van der Waals surface area contributed by atoms with E-state index in [1.165, 1.54) is 25.7 Å². The van der Waals surface area contributed by atoms with Crippen LogP contribution in [0.15, 0.2) is 12.2 Å². The first kappa shape index (κ1) is 26.6. The van der Waals surface area contributed by atoms with Crippen molar-refractivity contribution in [2.24, 2.45) is 23.2 Å². The maximum absolute atomic E-state index is 11.9. The molecule has 0 aromatic heterocycles. The highest BCUT2D eigenvalue weighted by molar-refractivity contribution is 6.48. The molecule has 4 unspecified atom stereocenters. The van der Waals surface area contributed by atoms with Gasteiger partial charge in [0.05, 0.1) is 18.6 Å². The molecule has 0 amide bonds. The summed E-state index contributed by atoms with van der Waals surface area (Å²) in [7, 11) is -1.08. The molecule has 180 valence electrons. The van der Waals surface area contributed by atoms with Gasteiger partial charge in [-0.15, -0.1) is 0 Å². The number of allylic oxidation sites excluding steroid dienone is 2. The number of esters is 1. The fourth-order valence-electron chi connectivity index (χ4n) is 5.49. The number of rotatable bonds is 10. The highest BCUT2D eigenvalue weighted by Gasteiger charge is 2.37. The molecule has 2 saturated carbocycles. The molecule has 0 aromatic rings. The van der Waals surface area contributed by atoms with E-state index in [4.69, 9.17) is 9.16 Å². The Morgan fingerprint density at radius 3 is 2.45 bits per heavy atom. The quantitative estimate of drug-likeness (QED) is 0.250. The molecule has 2 aliphatic carbocycles. The smallest absolute Gasteiger partial charge is 0.308 e. The molecule has 0 spiro atoms. The van der Waals surface area contributed by atoms with Crippen molar-refractivity contribution in [3.8, 4) is 0 Å². The van der Waals surface area contributed by atoms with Crippen molar-refractivity contribution in [2.45, 2.75) is 117 Å². The third-order valence-corrected chi connectivity index (χ3v) is 8.12. The molecule has 4 atom stereocenters. The van der Waals surface area contributed by atoms with Crippen LogP contribution in [0.25, 0.3) is 0 Å². The highest BCUT2D eigenvalue weighted by Crippen LogP contribution is 2.40. The van der Waals surface area contributed by atoms with Gasteiger partial charge in [0.25, 0.3) is 0 Å². The summed E-state index contributed by atoms with van der Waals surface area (Å²) in [6.07, 6.45) is 15.1. The average Bonchev–Trinajstić information content (AvgIpc) is 3.17. The van der Waals surface area contributed by atoms with Crippen LogP contribution < -0.4 is 0 Å². The summed E-state index contributed by atoms with van der Waals surface area (Å²) in [5.41, 5.74) is -0.749. The summed E-state index contributed by atoms with van der Waals surface area (Å²) in [6.45, 7) is 13.8. The minimum atomic E-state index is -1.08. The van der Waals surface area contributed by atoms with Crippen LogP contribution in [0, 0.1) is 23.2 Å². The first-order valence-corrected chi connectivity index (χ1v) is 15.5. The lowest BCUT2D eigenvalue weighted by Gasteiger charge is -2.37. The number of carbonyl (C=O) groups excluding carboxylic acids is 1. The second kappa shape index (κ2) is 12.0. The number of ether oxygens (including phenoxy) is 1. The number of hydrogen-bond donors (Lipinski definition) is 1. The molecule has 0 aromatic carbocycles. The number of aliphatic hydroxyl groups is 1. The summed E-state index contributed by atoms with van der Waals surface area (Å²) < 4.78 is 11.6. The SMILES string of the molecule is CCOC(=O)CC1(O)CCCC(C=CC(CC(O[SiH](C)C)C2CCCC2)C(C)(C)C)C1. The zero-order chi connectivity index (χ0) is 23.1. The Kier molecular flexibility index (Phi) is 10.3. The Morgan fingerprint density at radius 1 is 1.19 bits per heavy atom. The van der Waals surface area contributed by atoms with Crippen LogP contribution in [-0.4, -0.2) is 38.4 Å². The fourth-order valence-corrected chi connectivity index (χ4v) is 6.52. The van der Waals surface area contributed by atoms with Gasteiger partial charge in [0.1, 0.15) is 0 Å². The van der Waals surface area contributed by atoms with Crippen LogP contribution in [0.3, 0.4) is 0 Å². The van der Waals surface area contributed by atoms with Crippen LogP contribution in [0.1, 0.15) is 91.9 Å². The van der Waals surface area contributed by atoms with E-state index in [0.29, 0.717) is 37.4 Å². The van der Waals surface area contributed by atoms with Crippen molar-refractivity contribution in [3.63, 3.8) is 0 Å². The molecule has 2 aliphatic rings. The summed E-state index contributed by atoms with van der Waals surface area (Å²) >= 11 is 0. The van der Waals surface area contributed by atoms with E-state index in [1.807, 2.05) is 6.92 Å². The minimum absolute atomic E-state index is 0.116. The lowest BCUT2D eigenvalue weighted by molar-refractivity contribution is -0.150. The molecule has 31 heavy (non-hydrogen) atoms. The van der Waals surface area contributed by atoms with Crippen molar-refractivity contribution in [1.29, 1.82) is 0 Å². The molecule has 0 saturated heterocycles. The van der Waals surface area contributed by atoms with Crippen molar-refractivity contribution in [1.82, 2.24) is 0 Å². The monoisotopic (exact) mass is 452 g/mol. The van der Waals surface area contributed by atoms with E-state index in [9.17, 15) is 9.90 Å². The Labute approximate surface area is 192 Å². The van der Waals surface area contributed by atoms with Crippen molar-refractivity contribution < 1.29 is 19.1 Å². The van der Waals surface area contributed by atoms with Crippen molar-refractivity contribution in [2.75, 3.05) is 6.61 Å². The molecular weight excluding hydrogens is 404 g/mol. The van der Waals surface area contributed by atoms with Crippen LogP contribution in [-0.2, 0) is 14.0 Å². The lowest BCUT2D eigenvalue weighted by Crippen LogP contribution is -2.37. The Bertz CT molecular complexity index is 576. The summed E-state index contributed by atoms with van der Waals surface area (Å²) in [5.74, 6) is 1.21. The summed E-state index contributed by atoms with van der Waals surface area (Å²) in [4.78, 5) is 11.9. The zero-order valence-corrected chi connectivity index (χ0v) is 22.1. The van der Waals surface area contributed by atoms with Crippen LogP contribution in [0.4, 0.5) is 0 Å². The molecule has 0 aliphatic heterocycles. The first-order chi connectivity index (χ1) is 14.5. The molecule has 1 N–H and O–H groups in total. The number of carbonyl (C=O) groups is 1.